The minimum atomic E-state index is -0.390. The van der Waals surface area contributed by atoms with E-state index in [-0.39, 0.29) is 22.9 Å². The molecule has 0 radical (unpaired) electrons. The summed E-state index contributed by atoms with van der Waals surface area (Å²) in [5.41, 5.74) is 1.89. The van der Waals surface area contributed by atoms with E-state index in [1.807, 2.05) is 30.3 Å². The van der Waals surface area contributed by atoms with Gasteiger partial charge in [-0.3, -0.25) is 0 Å². The van der Waals surface area contributed by atoms with Crippen molar-refractivity contribution in [3.8, 4) is 17.5 Å². The first kappa shape index (κ1) is 18.7. The first-order valence-corrected chi connectivity index (χ1v) is 9.61. The number of aromatic nitrogens is 5. The normalized spacial score (nSPS) is 12.0. The third kappa shape index (κ3) is 3.58. The molecule has 4 rings (SSSR count). The Bertz CT molecular complexity index is 1240. The Kier molecular flexibility index (Phi) is 5.01. The number of rotatable bonds is 5. The number of imidazole rings is 1. The van der Waals surface area contributed by atoms with Gasteiger partial charge in [-0.05, 0) is 24.3 Å². The van der Waals surface area contributed by atoms with Crippen molar-refractivity contribution < 1.29 is 9.50 Å². The van der Waals surface area contributed by atoms with E-state index in [9.17, 15) is 14.8 Å². The van der Waals surface area contributed by atoms with Crippen LogP contribution >= 0.6 is 11.8 Å². The largest absolute Gasteiger partial charge is 0.510 e. The Morgan fingerprint density at radius 1 is 1.21 bits per heavy atom. The number of aliphatic hydroxyl groups is 1. The summed E-state index contributed by atoms with van der Waals surface area (Å²) >= 11 is 1.19. The lowest BCUT2D eigenvalue weighted by atomic mass is 10.2. The molecular formula is C20H15FN6OS. The van der Waals surface area contributed by atoms with Crippen LogP contribution in [0.5, 0.6) is 0 Å². The van der Waals surface area contributed by atoms with E-state index in [1.54, 1.807) is 29.8 Å². The van der Waals surface area contributed by atoms with Gasteiger partial charge in [0.1, 0.15) is 23.2 Å². The van der Waals surface area contributed by atoms with E-state index in [0.717, 1.165) is 5.52 Å². The molecule has 2 N–H and O–H groups in total. The van der Waals surface area contributed by atoms with Crippen molar-refractivity contribution in [1.29, 1.82) is 5.26 Å². The van der Waals surface area contributed by atoms with Gasteiger partial charge in [-0.2, -0.15) is 5.26 Å². The zero-order chi connectivity index (χ0) is 20.4. The molecule has 7 nitrogen and oxygen atoms in total. The van der Waals surface area contributed by atoms with Gasteiger partial charge in [-0.15, -0.1) is 10.2 Å². The molecule has 0 unspecified atom stereocenters. The first-order valence-electron chi connectivity index (χ1n) is 8.63. The molecule has 0 saturated heterocycles. The van der Waals surface area contributed by atoms with Crippen molar-refractivity contribution in [2.45, 2.75) is 5.16 Å². The number of H-pyrrole nitrogens is 1. The molecule has 29 heavy (non-hydrogen) atoms. The third-order valence-electron chi connectivity index (χ3n) is 4.31. The molecule has 9 heteroatoms. The van der Waals surface area contributed by atoms with Crippen LogP contribution in [0.15, 0.2) is 59.4 Å². The van der Waals surface area contributed by atoms with Crippen LogP contribution in [-0.2, 0) is 7.05 Å². The van der Waals surface area contributed by atoms with Gasteiger partial charge >= 0.3 is 0 Å². The fraction of sp³-hybridized carbons (Fsp3) is 0.100. The van der Waals surface area contributed by atoms with Gasteiger partial charge in [-0.1, -0.05) is 36.0 Å². The predicted octanol–water partition coefficient (Wildman–Crippen LogP) is 4.08. The maximum atomic E-state index is 14.0. The van der Waals surface area contributed by atoms with Gasteiger partial charge in [0.05, 0.1) is 22.3 Å². The van der Waals surface area contributed by atoms with E-state index in [0.29, 0.717) is 27.9 Å². The minimum Gasteiger partial charge on any atom is -0.510 e. The van der Waals surface area contributed by atoms with Crippen LogP contribution in [-0.4, -0.2) is 35.6 Å². The number of hydrogen-bond donors (Lipinski definition) is 2. The average Bonchev–Trinajstić information content (AvgIpc) is 3.31. The fourth-order valence-electron chi connectivity index (χ4n) is 2.85. The zero-order valence-electron chi connectivity index (χ0n) is 15.3. The highest BCUT2D eigenvalue weighted by atomic mass is 32.2. The summed E-state index contributed by atoms with van der Waals surface area (Å²) < 4.78 is 15.7. The number of hydrogen-bond acceptors (Lipinski definition) is 6. The number of para-hydroxylation sites is 2. The van der Waals surface area contributed by atoms with Crippen molar-refractivity contribution in [3.05, 3.63) is 65.9 Å². The minimum absolute atomic E-state index is 0.0604. The highest BCUT2D eigenvalue weighted by Crippen LogP contribution is 2.27. The first-order chi connectivity index (χ1) is 14.1. The predicted molar refractivity (Wildman–Crippen MR) is 108 cm³/mol. The van der Waals surface area contributed by atoms with E-state index in [1.165, 1.54) is 17.8 Å². The van der Waals surface area contributed by atoms with Gasteiger partial charge in [0.15, 0.2) is 16.8 Å². The number of fused-ring (bicyclic) bond motifs is 1. The van der Waals surface area contributed by atoms with Crippen LogP contribution in [0.1, 0.15) is 5.82 Å². The molecule has 4 aromatic rings. The fourth-order valence-corrected chi connectivity index (χ4v) is 3.64. The van der Waals surface area contributed by atoms with Crippen LogP contribution in [0, 0.1) is 17.1 Å². The smallest absolute Gasteiger partial charge is 0.191 e. The van der Waals surface area contributed by atoms with E-state index >= 15 is 0 Å². The summed E-state index contributed by atoms with van der Waals surface area (Å²) in [4.78, 5) is 7.38. The molecular weight excluding hydrogens is 391 g/mol. The van der Waals surface area contributed by atoms with Crippen molar-refractivity contribution in [2.24, 2.45) is 7.05 Å². The number of nitrogens with one attached hydrogen (secondary N) is 1. The standard InChI is InChI=1S/C20H15FN6OS/c1-27-19(12-6-2-3-7-14(12)21)25-26-20(27)29-11-17(28)13(10-22)18-23-15-8-4-5-9-16(15)24-18/h2-9,28H,11H2,1H3,(H,23,24)/b17-13-. The van der Waals surface area contributed by atoms with Crippen LogP contribution < -0.4 is 0 Å². The summed E-state index contributed by atoms with van der Waals surface area (Å²) in [5, 5.41) is 28.6. The molecule has 0 atom stereocenters. The van der Waals surface area contributed by atoms with Gasteiger partial charge in [0, 0.05) is 7.05 Å². The Hall–Kier alpha value is -3.64. The van der Waals surface area contributed by atoms with Crippen LogP contribution in [0.25, 0.3) is 28.0 Å². The third-order valence-corrected chi connectivity index (χ3v) is 5.35. The number of nitrogens with zero attached hydrogens (tertiary/aromatic N) is 5. The second-order valence-corrected chi connectivity index (χ2v) is 7.11. The highest BCUT2D eigenvalue weighted by Gasteiger charge is 2.17. The lowest BCUT2D eigenvalue weighted by molar-refractivity contribution is 0.420. The topological polar surface area (TPSA) is 103 Å². The number of thioether (sulfide) groups is 1. The van der Waals surface area contributed by atoms with Gasteiger partial charge in [0.2, 0.25) is 0 Å². The molecule has 0 aliphatic carbocycles. The maximum absolute atomic E-state index is 14.0. The summed E-state index contributed by atoms with van der Waals surface area (Å²) in [7, 11) is 1.72. The van der Waals surface area contributed by atoms with Crippen molar-refractivity contribution in [1.82, 2.24) is 24.7 Å². The molecule has 2 aromatic carbocycles. The van der Waals surface area contributed by atoms with Gasteiger partial charge in [-0.25, -0.2) is 9.37 Å². The highest BCUT2D eigenvalue weighted by molar-refractivity contribution is 7.99. The molecule has 0 amide bonds. The van der Waals surface area contributed by atoms with Crippen molar-refractivity contribution in [2.75, 3.05) is 5.75 Å². The number of allylic oxidation sites excluding steroid dienone is 1. The number of halogens is 1. The second-order valence-electron chi connectivity index (χ2n) is 6.17. The molecule has 0 aliphatic heterocycles. The van der Waals surface area contributed by atoms with E-state index in [2.05, 4.69) is 20.2 Å². The zero-order valence-corrected chi connectivity index (χ0v) is 16.1. The average molecular weight is 406 g/mol. The number of nitriles is 1. The van der Waals surface area contributed by atoms with E-state index < -0.39 is 0 Å². The summed E-state index contributed by atoms with van der Waals surface area (Å²) in [6, 6.07) is 15.7. The monoisotopic (exact) mass is 406 g/mol. The number of aliphatic hydroxyl groups excluding tert-OH is 1. The molecule has 0 fully saturated rings. The molecule has 0 saturated carbocycles. The molecule has 0 bridgehead atoms. The molecule has 0 aliphatic rings. The summed E-state index contributed by atoms with van der Waals surface area (Å²) in [5.74, 6) is 0.248. The van der Waals surface area contributed by atoms with Gasteiger partial charge in [0.25, 0.3) is 0 Å². The lowest BCUT2D eigenvalue weighted by Crippen LogP contribution is -1.99. The quantitative estimate of drug-likeness (QED) is 0.294. The Balaban J connectivity index is 1.58. The SMILES string of the molecule is Cn1c(SC/C(O)=C(\C#N)c2nc3ccccc3[nH]2)nnc1-c1ccccc1F. The van der Waals surface area contributed by atoms with Crippen molar-refractivity contribution in [3.63, 3.8) is 0 Å². The van der Waals surface area contributed by atoms with Gasteiger partial charge < -0.3 is 14.7 Å². The number of aromatic amines is 1. The van der Waals surface area contributed by atoms with E-state index in [4.69, 9.17) is 0 Å². The number of benzene rings is 2. The Labute approximate surface area is 169 Å². The molecule has 0 spiro atoms. The Morgan fingerprint density at radius 3 is 2.72 bits per heavy atom. The Morgan fingerprint density at radius 2 is 1.97 bits per heavy atom. The van der Waals surface area contributed by atoms with Crippen molar-refractivity contribution >= 4 is 28.4 Å². The molecule has 2 aromatic heterocycles. The maximum Gasteiger partial charge on any atom is 0.191 e. The summed E-state index contributed by atoms with van der Waals surface area (Å²) in [6.45, 7) is 0. The molecule has 2 heterocycles. The molecule has 144 valence electrons. The van der Waals surface area contributed by atoms with Crippen LogP contribution in [0.2, 0.25) is 0 Å². The van der Waals surface area contributed by atoms with Crippen LogP contribution in [0.3, 0.4) is 0 Å². The van der Waals surface area contributed by atoms with Crippen LogP contribution in [0.4, 0.5) is 4.39 Å². The summed E-state index contributed by atoms with van der Waals surface area (Å²) in [6.07, 6.45) is 0. The lowest BCUT2D eigenvalue weighted by Gasteiger charge is -2.05. The second kappa shape index (κ2) is 7.77.